The molecule has 1 rings (SSSR count). The first-order valence-electron chi connectivity index (χ1n) is 8.43. The van der Waals surface area contributed by atoms with E-state index in [1.165, 1.54) is 0 Å². The Kier molecular flexibility index (Phi) is 7.10. The molecule has 0 saturated carbocycles. The number of rotatable bonds is 4. The molecule has 3 atom stereocenters. The van der Waals surface area contributed by atoms with E-state index in [1.54, 1.807) is 41.5 Å². The monoisotopic (exact) mass is 396 g/mol. The predicted octanol–water partition coefficient (Wildman–Crippen LogP) is 3.39. The van der Waals surface area contributed by atoms with Crippen molar-refractivity contribution >= 4 is 11.9 Å². The second-order valence-corrected chi connectivity index (χ2v) is 8.33. The van der Waals surface area contributed by atoms with Crippen LogP contribution in [0.1, 0.15) is 41.5 Å². The zero-order valence-corrected chi connectivity index (χ0v) is 16.6. The summed E-state index contributed by atoms with van der Waals surface area (Å²) in [5, 5.41) is 0. The minimum absolute atomic E-state index is 0.389. The first-order chi connectivity index (χ1) is 12.1. The highest BCUT2D eigenvalue weighted by Crippen LogP contribution is 2.35. The highest BCUT2D eigenvalue weighted by Gasteiger charge is 2.47. The van der Waals surface area contributed by atoms with Gasteiger partial charge < -0.3 is 18.9 Å². The molecule has 0 saturated heterocycles. The SMILES string of the molecule is CO[C@@H]1O[C@H](COC(=O)C(C)(C)C)[C@H](OC(=O)C(C)(C)C)C=C1C(F)(F)F. The quantitative estimate of drug-likeness (QED) is 0.536. The molecule has 1 heterocycles. The van der Waals surface area contributed by atoms with Gasteiger partial charge in [0.25, 0.3) is 0 Å². The number of ether oxygens (including phenoxy) is 4. The van der Waals surface area contributed by atoms with Gasteiger partial charge in [0, 0.05) is 7.11 Å². The normalized spacial score (nSPS) is 24.2. The molecule has 0 bridgehead atoms. The Morgan fingerprint density at radius 3 is 1.96 bits per heavy atom. The molecule has 0 aromatic rings. The first kappa shape index (κ1) is 23.4. The fraction of sp³-hybridized carbons (Fsp3) is 0.778. The number of methoxy groups -OCH3 is 1. The molecule has 27 heavy (non-hydrogen) atoms. The third kappa shape index (κ3) is 6.49. The molecule has 0 aromatic heterocycles. The van der Waals surface area contributed by atoms with Crippen molar-refractivity contribution in [1.82, 2.24) is 0 Å². The van der Waals surface area contributed by atoms with Crippen molar-refractivity contribution in [3.8, 4) is 0 Å². The Morgan fingerprint density at radius 2 is 1.56 bits per heavy atom. The lowest BCUT2D eigenvalue weighted by Crippen LogP contribution is -2.47. The van der Waals surface area contributed by atoms with E-state index >= 15 is 0 Å². The molecule has 1 aliphatic rings. The topological polar surface area (TPSA) is 71.1 Å². The Labute approximate surface area is 157 Å². The second kappa shape index (κ2) is 8.18. The van der Waals surface area contributed by atoms with Crippen molar-refractivity contribution in [1.29, 1.82) is 0 Å². The van der Waals surface area contributed by atoms with Gasteiger partial charge in [0.05, 0.1) is 16.4 Å². The summed E-state index contributed by atoms with van der Waals surface area (Å²) in [6.45, 7) is 9.22. The highest BCUT2D eigenvalue weighted by molar-refractivity contribution is 5.76. The lowest BCUT2D eigenvalue weighted by Gasteiger charge is -2.36. The molecular formula is C18H27F3O6. The van der Waals surface area contributed by atoms with E-state index in [0.717, 1.165) is 13.2 Å². The van der Waals surface area contributed by atoms with Gasteiger partial charge in [0.15, 0.2) is 12.4 Å². The van der Waals surface area contributed by atoms with Crippen LogP contribution in [0.4, 0.5) is 13.2 Å². The molecule has 0 amide bonds. The number of hydrogen-bond acceptors (Lipinski definition) is 6. The van der Waals surface area contributed by atoms with Crippen molar-refractivity contribution in [3.63, 3.8) is 0 Å². The average molecular weight is 396 g/mol. The maximum Gasteiger partial charge on any atom is 0.417 e. The van der Waals surface area contributed by atoms with Crippen LogP contribution in [-0.4, -0.2) is 50.3 Å². The van der Waals surface area contributed by atoms with E-state index in [2.05, 4.69) is 0 Å². The van der Waals surface area contributed by atoms with Crippen LogP contribution in [0.2, 0.25) is 0 Å². The number of carbonyl (C=O) groups is 2. The largest absolute Gasteiger partial charge is 0.462 e. The van der Waals surface area contributed by atoms with E-state index in [9.17, 15) is 22.8 Å². The van der Waals surface area contributed by atoms with E-state index in [4.69, 9.17) is 18.9 Å². The molecule has 0 fully saturated rings. The van der Waals surface area contributed by atoms with Gasteiger partial charge in [-0.2, -0.15) is 13.2 Å². The number of hydrogen-bond donors (Lipinski definition) is 0. The van der Waals surface area contributed by atoms with Crippen LogP contribution in [-0.2, 0) is 28.5 Å². The molecule has 0 N–H and O–H groups in total. The van der Waals surface area contributed by atoms with E-state index in [-0.39, 0.29) is 6.61 Å². The third-order valence-corrected chi connectivity index (χ3v) is 3.65. The molecule has 156 valence electrons. The van der Waals surface area contributed by atoms with E-state index in [0.29, 0.717) is 0 Å². The van der Waals surface area contributed by atoms with Crippen LogP contribution >= 0.6 is 0 Å². The fourth-order valence-corrected chi connectivity index (χ4v) is 2.00. The molecule has 6 nitrogen and oxygen atoms in total. The molecular weight excluding hydrogens is 369 g/mol. The summed E-state index contributed by atoms with van der Waals surface area (Å²) in [5.41, 5.74) is -2.85. The average Bonchev–Trinajstić information content (AvgIpc) is 2.49. The maximum absolute atomic E-state index is 13.3. The standard InChI is InChI=1S/C18H27F3O6/c1-16(2,3)14(22)25-9-12-11(27-15(23)17(4,5)6)8-10(18(19,20)21)13(24-7)26-12/h8,11-13H,9H2,1-7H3/t11-,12-,13-/m1/s1. The summed E-state index contributed by atoms with van der Waals surface area (Å²) in [6, 6.07) is 0. The Morgan fingerprint density at radius 1 is 1.04 bits per heavy atom. The summed E-state index contributed by atoms with van der Waals surface area (Å²) >= 11 is 0. The highest BCUT2D eigenvalue weighted by atomic mass is 19.4. The molecule has 9 heteroatoms. The number of esters is 2. The molecule has 1 aliphatic heterocycles. The summed E-state index contributed by atoms with van der Waals surface area (Å²) in [5.74, 6) is -1.27. The lowest BCUT2D eigenvalue weighted by atomic mass is 9.96. The Hall–Kier alpha value is -1.61. The second-order valence-electron chi connectivity index (χ2n) is 8.33. The minimum Gasteiger partial charge on any atom is -0.462 e. The first-order valence-corrected chi connectivity index (χ1v) is 8.43. The van der Waals surface area contributed by atoms with Gasteiger partial charge in [-0.1, -0.05) is 0 Å². The van der Waals surface area contributed by atoms with Gasteiger partial charge in [0.1, 0.15) is 12.7 Å². The summed E-state index contributed by atoms with van der Waals surface area (Å²) in [6.07, 6.45) is -8.23. The minimum atomic E-state index is -4.74. The van der Waals surface area contributed by atoms with Gasteiger partial charge in [-0.3, -0.25) is 9.59 Å². The van der Waals surface area contributed by atoms with Crippen LogP contribution in [0.5, 0.6) is 0 Å². The van der Waals surface area contributed by atoms with Crippen molar-refractivity contribution in [2.24, 2.45) is 10.8 Å². The summed E-state index contributed by atoms with van der Waals surface area (Å²) < 4.78 is 60.2. The zero-order chi connectivity index (χ0) is 21.2. The van der Waals surface area contributed by atoms with E-state index < -0.39 is 53.0 Å². The Bertz CT molecular complexity index is 583. The predicted molar refractivity (Wildman–Crippen MR) is 89.6 cm³/mol. The molecule has 0 spiro atoms. The smallest absolute Gasteiger partial charge is 0.417 e. The lowest BCUT2D eigenvalue weighted by molar-refractivity contribution is -0.220. The van der Waals surface area contributed by atoms with Crippen molar-refractivity contribution in [2.75, 3.05) is 13.7 Å². The fourth-order valence-electron chi connectivity index (χ4n) is 2.00. The van der Waals surface area contributed by atoms with Crippen LogP contribution in [0.15, 0.2) is 11.6 Å². The summed E-state index contributed by atoms with van der Waals surface area (Å²) in [4.78, 5) is 24.1. The number of carbonyl (C=O) groups excluding carboxylic acids is 2. The zero-order valence-electron chi connectivity index (χ0n) is 16.6. The molecule has 0 radical (unpaired) electrons. The third-order valence-electron chi connectivity index (χ3n) is 3.65. The van der Waals surface area contributed by atoms with Crippen LogP contribution < -0.4 is 0 Å². The number of halogens is 3. The molecule has 0 aromatic carbocycles. The van der Waals surface area contributed by atoms with Crippen LogP contribution in [0.3, 0.4) is 0 Å². The maximum atomic E-state index is 13.3. The van der Waals surface area contributed by atoms with Gasteiger partial charge in [-0.05, 0) is 47.6 Å². The van der Waals surface area contributed by atoms with Crippen LogP contribution in [0, 0.1) is 10.8 Å². The van der Waals surface area contributed by atoms with Gasteiger partial charge in [-0.15, -0.1) is 0 Å². The molecule has 0 aliphatic carbocycles. The molecule has 0 unspecified atom stereocenters. The van der Waals surface area contributed by atoms with E-state index in [1.807, 2.05) is 0 Å². The Balaban J connectivity index is 3.12. The van der Waals surface area contributed by atoms with Crippen molar-refractivity contribution < 1.29 is 41.7 Å². The van der Waals surface area contributed by atoms with Crippen LogP contribution in [0.25, 0.3) is 0 Å². The summed E-state index contributed by atoms with van der Waals surface area (Å²) in [7, 11) is 1.06. The van der Waals surface area contributed by atoms with Crippen molar-refractivity contribution in [2.45, 2.75) is 66.2 Å². The van der Waals surface area contributed by atoms with Crippen molar-refractivity contribution in [3.05, 3.63) is 11.6 Å². The van der Waals surface area contributed by atoms with Gasteiger partial charge >= 0.3 is 18.1 Å². The van der Waals surface area contributed by atoms with Gasteiger partial charge in [0.2, 0.25) is 0 Å². The van der Waals surface area contributed by atoms with Gasteiger partial charge in [-0.25, -0.2) is 0 Å². The number of alkyl halides is 3.